The first kappa shape index (κ1) is 24.3. The Morgan fingerprint density at radius 1 is 1.09 bits per heavy atom. The smallest absolute Gasteiger partial charge is 0.264 e. The summed E-state index contributed by atoms with van der Waals surface area (Å²) in [7, 11) is -3.81. The van der Waals surface area contributed by atoms with Crippen molar-refractivity contribution < 1.29 is 22.8 Å². The highest BCUT2D eigenvalue weighted by Gasteiger charge is 2.44. The number of halogens is 1. The maximum Gasteiger partial charge on any atom is 0.264 e. The maximum atomic E-state index is 13.3. The molecule has 2 aromatic carbocycles. The molecule has 1 fully saturated rings. The second-order valence-corrected chi connectivity index (χ2v) is 11.1. The van der Waals surface area contributed by atoms with Crippen molar-refractivity contribution in [2.24, 2.45) is 5.14 Å². The molecule has 3 aromatic rings. The van der Waals surface area contributed by atoms with Crippen molar-refractivity contribution in [1.29, 1.82) is 0 Å². The lowest BCUT2D eigenvalue weighted by Gasteiger charge is -2.27. The Labute approximate surface area is 209 Å². The largest absolute Gasteiger partial charge is 0.325 e. The van der Waals surface area contributed by atoms with Crippen LogP contribution < -0.4 is 10.0 Å². The molecule has 8 nitrogen and oxygen atoms in total. The number of rotatable bonds is 7. The van der Waals surface area contributed by atoms with Gasteiger partial charge in [0.1, 0.15) is 6.04 Å². The Bertz CT molecular complexity index is 1320. The number of carbonyl (C=O) groups is 3. The fraction of sp³-hybridized carbons (Fsp3) is 0.174. The molecule has 2 N–H and O–H groups in total. The molecule has 1 saturated heterocycles. The van der Waals surface area contributed by atoms with Crippen molar-refractivity contribution in [3.8, 4) is 0 Å². The summed E-state index contributed by atoms with van der Waals surface area (Å²) >= 11 is 4.60. The van der Waals surface area contributed by atoms with Gasteiger partial charge in [-0.15, -0.1) is 11.3 Å². The average molecular weight is 562 g/mol. The summed E-state index contributed by atoms with van der Waals surface area (Å²) in [4.78, 5) is 42.4. The number of imide groups is 1. The third kappa shape index (κ3) is 5.12. The van der Waals surface area contributed by atoms with E-state index in [0.717, 1.165) is 14.9 Å². The molecule has 1 unspecified atom stereocenters. The van der Waals surface area contributed by atoms with Crippen molar-refractivity contribution >= 4 is 60.7 Å². The van der Waals surface area contributed by atoms with E-state index < -0.39 is 22.0 Å². The second kappa shape index (κ2) is 9.79. The van der Waals surface area contributed by atoms with Gasteiger partial charge in [-0.1, -0.05) is 34.1 Å². The number of thiophene rings is 1. The third-order valence-corrected chi connectivity index (χ3v) is 7.79. The molecule has 0 spiro atoms. The molecule has 34 heavy (non-hydrogen) atoms. The molecule has 2 heterocycles. The van der Waals surface area contributed by atoms with Crippen molar-refractivity contribution in [3.05, 3.63) is 81.0 Å². The van der Waals surface area contributed by atoms with E-state index in [1.54, 1.807) is 53.9 Å². The number of hydrogen-bond donors (Lipinski definition) is 1. The predicted molar refractivity (Wildman–Crippen MR) is 132 cm³/mol. The van der Waals surface area contributed by atoms with E-state index in [1.807, 2.05) is 0 Å². The first-order valence-electron chi connectivity index (χ1n) is 10.2. The summed E-state index contributed by atoms with van der Waals surface area (Å²) in [5.74, 6) is -1.17. The summed E-state index contributed by atoms with van der Waals surface area (Å²) in [5, 5.41) is 6.92. The van der Waals surface area contributed by atoms with Crippen molar-refractivity contribution in [2.45, 2.75) is 23.8 Å². The van der Waals surface area contributed by atoms with Gasteiger partial charge in [-0.05, 0) is 59.8 Å². The second-order valence-electron chi connectivity index (χ2n) is 7.68. The van der Waals surface area contributed by atoms with Crippen LogP contribution in [-0.4, -0.2) is 43.6 Å². The van der Waals surface area contributed by atoms with Gasteiger partial charge in [0.25, 0.3) is 11.8 Å². The molecule has 11 heteroatoms. The lowest BCUT2D eigenvalue weighted by atomic mass is 10.1. The minimum absolute atomic E-state index is 0.00975. The molecule has 176 valence electrons. The topological polar surface area (TPSA) is 118 Å². The number of amides is 3. The highest BCUT2D eigenvalue weighted by atomic mass is 79.9. The van der Waals surface area contributed by atoms with Gasteiger partial charge in [0.2, 0.25) is 15.9 Å². The molecule has 4 rings (SSSR count). The van der Waals surface area contributed by atoms with Gasteiger partial charge < -0.3 is 4.90 Å². The first-order chi connectivity index (χ1) is 16.1. The number of hydrogen-bond acceptors (Lipinski definition) is 6. The number of sulfonamides is 1. The number of nitrogens with zero attached hydrogens (tertiary/aromatic N) is 2. The van der Waals surface area contributed by atoms with Crippen molar-refractivity contribution in [1.82, 2.24) is 4.90 Å². The van der Waals surface area contributed by atoms with Gasteiger partial charge in [-0.3, -0.25) is 14.4 Å². The maximum absolute atomic E-state index is 13.3. The molecule has 1 aliphatic rings. The van der Waals surface area contributed by atoms with Gasteiger partial charge in [-0.2, -0.15) is 0 Å². The van der Waals surface area contributed by atoms with Crippen LogP contribution in [0, 0.1) is 0 Å². The van der Waals surface area contributed by atoms with Crippen LogP contribution in [0.15, 0.2) is 75.4 Å². The molecule has 0 aliphatic carbocycles. The van der Waals surface area contributed by atoms with Crippen LogP contribution in [0.2, 0.25) is 0 Å². The summed E-state index contributed by atoms with van der Waals surface area (Å²) in [6.45, 7) is 0.170. The highest BCUT2D eigenvalue weighted by Crippen LogP contribution is 2.28. The number of primary sulfonamides is 1. The monoisotopic (exact) mass is 561 g/mol. The van der Waals surface area contributed by atoms with E-state index in [1.165, 1.54) is 28.4 Å². The third-order valence-electron chi connectivity index (χ3n) is 5.47. The molecule has 0 bridgehead atoms. The SMILES string of the molecule is NS(=O)(=O)c1ccc(CCN(C(=O)c2cccs2)C2CC(=O)N(c3ccc(Br)cc3)C2=O)cc1. The molecule has 1 aliphatic heterocycles. The summed E-state index contributed by atoms with van der Waals surface area (Å²) < 4.78 is 23.8. The number of nitrogens with two attached hydrogens (primary N) is 1. The van der Waals surface area contributed by atoms with Crippen LogP contribution in [0.25, 0.3) is 0 Å². The van der Waals surface area contributed by atoms with Gasteiger partial charge in [0.05, 0.1) is 21.9 Å². The van der Waals surface area contributed by atoms with E-state index in [0.29, 0.717) is 17.0 Å². The van der Waals surface area contributed by atoms with E-state index in [4.69, 9.17) is 5.14 Å². The van der Waals surface area contributed by atoms with E-state index >= 15 is 0 Å². The van der Waals surface area contributed by atoms with E-state index in [9.17, 15) is 22.8 Å². The number of carbonyl (C=O) groups excluding carboxylic acids is 3. The molecule has 3 amide bonds. The van der Waals surface area contributed by atoms with E-state index in [2.05, 4.69) is 15.9 Å². The zero-order valence-corrected chi connectivity index (χ0v) is 21.0. The Morgan fingerprint density at radius 3 is 2.35 bits per heavy atom. The molecular weight excluding hydrogens is 542 g/mol. The Kier molecular flexibility index (Phi) is 6.99. The average Bonchev–Trinajstić information content (AvgIpc) is 3.43. The molecule has 0 radical (unpaired) electrons. The fourth-order valence-corrected chi connectivity index (χ4v) is 5.22. The van der Waals surface area contributed by atoms with Crippen LogP contribution in [0.1, 0.15) is 21.7 Å². The number of benzene rings is 2. The highest BCUT2D eigenvalue weighted by molar-refractivity contribution is 9.10. The Balaban J connectivity index is 1.59. The minimum atomic E-state index is -3.81. The summed E-state index contributed by atoms with van der Waals surface area (Å²) in [6.07, 6.45) is 0.245. The number of anilines is 1. The van der Waals surface area contributed by atoms with Gasteiger partial charge in [0.15, 0.2) is 0 Å². The lowest BCUT2D eigenvalue weighted by Crippen LogP contribution is -2.46. The van der Waals surface area contributed by atoms with Crippen LogP contribution in [0.3, 0.4) is 0 Å². The van der Waals surface area contributed by atoms with Gasteiger partial charge in [-0.25, -0.2) is 18.5 Å². The fourth-order valence-electron chi connectivity index (χ4n) is 3.76. The molecule has 1 atom stereocenters. The molecule has 1 aromatic heterocycles. The quantitative estimate of drug-likeness (QED) is 0.444. The van der Waals surface area contributed by atoms with Crippen LogP contribution in [-0.2, 0) is 26.0 Å². The summed E-state index contributed by atoms with van der Waals surface area (Å²) in [5.41, 5.74) is 1.21. The predicted octanol–water partition coefficient (Wildman–Crippen LogP) is 3.18. The normalized spacial score (nSPS) is 16.2. The Morgan fingerprint density at radius 2 is 1.76 bits per heavy atom. The lowest BCUT2D eigenvalue weighted by molar-refractivity contribution is -0.122. The Hall–Kier alpha value is -2.86. The van der Waals surface area contributed by atoms with Crippen LogP contribution in [0.4, 0.5) is 5.69 Å². The van der Waals surface area contributed by atoms with Crippen molar-refractivity contribution in [2.75, 3.05) is 11.4 Å². The molecular formula is C23H20BrN3O5S2. The van der Waals surface area contributed by atoms with Crippen LogP contribution in [0.5, 0.6) is 0 Å². The van der Waals surface area contributed by atoms with E-state index in [-0.39, 0.29) is 29.7 Å². The first-order valence-corrected chi connectivity index (χ1v) is 13.5. The zero-order valence-electron chi connectivity index (χ0n) is 17.8. The standard InChI is InChI=1S/C23H20BrN3O5S2/c24-16-5-7-17(8-6-16)27-21(28)14-19(22(27)29)26(23(30)20-2-1-13-33-20)12-11-15-3-9-18(10-4-15)34(25,31)32/h1-10,13,19H,11-12,14H2,(H2,25,31,32). The van der Waals surface area contributed by atoms with Crippen LogP contribution >= 0.6 is 27.3 Å². The van der Waals surface area contributed by atoms with Crippen molar-refractivity contribution in [3.63, 3.8) is 0 Å². The molecule has 0 saturated carbocycles. The summed E-state index contributed by atoms with van der Waals surface area (Å²) in [6, 6.07) is 15.3. The van der Waals surface area contributed by atoms with Gasteiger partial charge in [0, 0.05) is 11.0 Å². The zero-order chi connectivity index (χ0) is 24.5. The minimum Gasteiger partial charge on any atom is -0.325 e. The van der Waals surface area contributed by atoms with Gasteiger partial charge >= 0.3 is 0 Å².